The molecule has 8 aliphatic heterocycles. The molecule has 2 aromatic carbocycles. The van der Waals surface area contributed by atoms with E-state index in [9.17, 15) is 81.7 Å². The second-order valence-electron chi connectivity index (χ2n) is 38.5. The van der Waals surface area contributed by atoms with Gasteiger partial charge in [-0.05, 0) is 201 Å². The highest BCUT2D eigenvalue weighted by Gasteiger charge is 2.73. The third-order valence-corrected chi connectivity index (χ3v) is 30.0. The molecule has 4 aromatic rings. The monoisotopic (exact) mass is 1820 g/mol. The van der Waals surface area contributed by atoms with E-state index in [-0.39, 0.29) is 75.8 Å². The number of hydrogen-bond donors (Lipinski definition) is 20. The standard InChI is InChI=1S/C24H38N2O7.2C24H37NO7.C23H36N2O7/c1-5-16-18(27)17(25-4)20-21(19(16)28)32-22-24(30,33-20)23(29,12-14(3)31-22)11-7-10-15-9-6-8-13(2)26-15;2*1-4-16-18(26)17(25-3)20-21(19(16)27)31-22-24(29,32-20)23(28,13-14(2)30-22)12-8-11-15-9-6-5-7-10-15;1-4-15-17(26)16(24-3)19-20(18(15)27)31-21-23(29,32-19)22(28,12-13(2)30-21)10-7-9-14-8-5-6-11-25-14/h6,8-9,14,16-22,25,27-30H,5,7,10-12H2,1-4H3;2*5-7,9-10,14,16-22,25-29H,4,8,11-13H2,1-3H3;5-6,8,11,13,15-21,24,26-29H,4,7,9-10,12H2,1-3H3/t3*14-,16-,17+,18+,19+,20-,21-,22+,23+,24-;13-,15-,16+,17+,18+,19-,20-,21+,22+,23-/m1111/s1. The Morgan fingerprint density at radius 3 is 0.837 bits per heavy atom. The summed E-state index contributed by atoms with van der Waals surface area (Å²) in [5.74, 6) is -10.2. The van der Waals surface area contributed by atoms with Gasteiger partial charge in [-0.15, -0.1) is 0 Å². The largest absolute Gasteiger partial charge is 0.391 e. The van der Waals surface area contributed by atoms with Crippen LogP contribution in [0.2, 0.25) is 0 Å². The number of rotatable bonds is 24. The van der Waals surface area contributed by atoms with Gasteiger partial charge in [0.25, 0.3) is 0 Å². The molecule has 2 aromatic heterocycles. The van der Waals surface area contributed by atoms with Crippen LogP contribution in [0, 0.1) is 30.6 Å². The van der Waals surface area contributed by atoms with E-state index in [1.165, 1.54) is 0 Å². The number of aromatic nitrogens is 2. The molecule has 0 radical (unpaired) electrons. The van der Waals surface area contributed by atoms with E-state index >= 15 is 0 Å². The molecule has 0 bridgehead atoms. The lowest BCUT2D eigenvalue weighted by Crippen LogP contribution is -2.78. The number of likely N-dealkylation sites (N-methyl/N-ethyl adjacent to an activating group) is 4. The van der Waals surface area contributed by atoms with Gasteiger partial charge in [-0.25, -0.2) is 0 Å². The number of ether oxygens (including phenoxy) is 12. The lowest BCUT2D eigenvalue weighted by molar-refractivity contribution is -0.485. The molecule has 129 heavy (non-hydrogen) atoms. The van der Waals surface area contributed by atoms with Crippen molar-refractivity contribution in [1.82, 2.24) is 31.2 Å². The van der Waals surface area contributed by atoms with E-state index in [2.05, 4.69) is 31.2 Å². The molecule has 0 spiro atoms. The Labute approximate surface area is 757 Å². The molecule has 0 unspecified atom stereocenters. The molecular formula is C95H148N6O28. The van der Waals surface area contributed by atoms with Crippen molar-refractivity contribution in [2.24, 2.45) is 23.7 Å². The molecule has 34 nitrogen and oxygen atoms in total. The van der Waals surface area contributed by atoms with Crippen LogP contribution in [-0.2, 0) is 82.5 Å². The lowest BCUT2D eigenvalue weighted by atomic mass is 9.73. The van der Waals surface area contributed by atoms with Gasteiger partial charge >= 0.3 is 0 Å². The Morgan fingerprint density at radius 1 is 0.318 bits per heavy atom. The normalized spacial score (nSPS) is 46.1. The average Bonchev–Trinajstić information content (AvgIpc) is 0.727. The van der Waals surface area contributed by atoms with Crippen LogP contribution < -0.4 is 21.3 Å². The molecule has 12 aliphatic rings. The summed E-state index contributed by atoms with van der Waals surface area (Å²) in [7, 11) is 6.77. The first-order valence-electron chi connectivity index (χ1n) is 47.1. The van der Waals surface area contributed by atoms with E-state index in [0.29, 0.717) is 64.2 Å². The smallest absolute Gasteiger partial charge is 0.248 e. The van der Waals surface area contributed by atoms with Gasteiger partial charge in [-0.3, -0.25) is 9.97 Å². The van der Waals surface area contributed by atoms with Crippen molar-refractivity contribution in [3.63, 3.8) is 0 Å². The third kappa shape index (κ3) is 20.0. The second kappa shape index (κ2) is 42.2. The fraction of sp³-hybridized carbons (Fsp3) is 0.768. The highest BCUT2D eigenvalue weighted by molar-refractivity contribution is 5.21. The number of nitrogens with zero attached hydrogens (tertiary/aromatic N) is 2. The summed E-state index contributed by atoms with van der Waals surface area (Å²) in [6.07, 6.45) is -9.79. The molecule has 10 heterocycles. The summed E-state index contributed by atoms with van der Waals surface area (Å²) in [5, 5.41) is 192. The van der Waals surface area contributed by atoms with Gasteiger partial charge < -0.3 is 160 Å². The number of aryl methyl sites for hydroxylation is 5. The first kappa shape index (κ1) is 102. The highest BCUT2D eigenvalue weighted by atomic mass is 16.8. The van der Waals surface area contributed by atoms with Crippen LogP contribution in [0.3, 0.4) is 0 Å². The summed E-state index contributed by atoms with van der Waals surface area (Å²) in [4.78, 5) is 8.83. The number of aliphatic hydroxyl groups is 16. The SMILES string of the molecule is CC[C@@H]1[C@H](O)[C@H](NC)[C@H]2O[C@]3(O)[C@H](O[C@@H]2[C@H]1O)O[C@H](C)C[C@@]3(O)CCCc1cccc(C)n1.CC[C@@H]1[C@H](O)[C@H](NC)[C@H]2O[C@]3(O)[C@H](O[C@@H]2[C@H]1O)O[C@H](C)C[C@@]3(O)CCCc1ccccc1.CC[C@@H]1[C@H](O)[C@H](NC)[C@H]2O[C@]3(O)[C@H](O[C@@H]2[C@H]1O)O[C@H](C)C[C@@]3(O)CCCc1ccccc1.CC[C@@H]1[C@H](O)[C@H](NC)[C@H]2O[C@]3(O)[C@H](O[C@@H]2[C@H]1O)O[C@H](C)C[C@@]3(O)CCCc1ccccn1. The second-order valence-corrected chi connectivity index (χ2v) is 38.5. The van der Waals surface area contributed by atoms with Crippen molar-refractivity contribution >= 4 is 0 Å². The molecular weight excluding hydrogens is 1670 g/mol. The summed E-state index contributed by atoms with van der Waals surface area (Å²) in [6.45, 7) is 16.8. The van der Waals surface area contributed by atoms with Crippen LogP contribution in [0.25, 0.3) is 0 Å². The predicted molar refractivity (Wildman–Crippen MR) is 467 cm³/mol. The molecule has 0 amide bonds. The molecule has 34 heteroatoms. The zero-order chi connectivity index (χ0) is 93.3. The van der Waals surface area contributed by atoms with Crippen molar-refractivity contribution in [3.8, 4) is 0 Å². The highest BCUT2D eigenvalue weighted by Crippen LogP contribution is 2.55. The fourth-order valence-electron chi connectivity index (χ4n) is 23.0. The molecule has 4 aliphatic carbocycles. The van der Waals surface area contributed by atoms with E-state index in [4.69, 9.17) is 56.8 Å². The Balaban J connectivity index is 0.000000147. The lowest BCUT2D eigenvalue weighted by Gasteiger charge is -2.60. The molecule has 726 valence electrons. The van der Waals surface area contributed by atoms with Crippen molar-refractivity contribution in [1.29, 1.82) is 0 Å². The maximum atomic E-state index is 11.7. The van der Waals surface area contributed by atoms with Crippen molar-refractivity contribution in [2.45, 2.75) is 408 Å². The van der Waals surface area contributed by atoms with Crippen LogP contribution in [0.15, 0.2) is 103 Å². The topological polar surface area (TPSA) is 508 Å². The molecule has 16 rings (SSSR count). The van der Waals surface area contributed by atoms with E-state index in [1.54, 1.807) is 34.4 Å². The summed E-state index contributed by atoms with van der Waals surface area (Å²) >= 11 is 0. The minimum Gasteiger partial charge on any atom is -0.391 e. The van der Waals surface area contributed by atoms with Crippen molar-refractivity contribution in [3.05, 3.63) is 131 Å². The summed E-state index contributed by atoms with van der Waals surface area (Å²) < 4.78 is 72.4. The average molecular weight is 1820 g/mol. The van der Waals surface area contributed by atoms with Crippen LogP contribution in [0.4, 0.5) is 0 Å². The predicted octanol–water partition coefficient (Wildman–Crippen LogP) is 1.89. The van der Waals surface area contributed by atoms with E-state index < -0.39 is 216 Å². The van der Waals surface area contributed by atoms with Crippen LogP contribution in [-0.4, -0.2) is 337 Å². The van der Waals surface area contributed by atoms with Gasteiger partial charge in [0.1, 0.15) is 71.2 Å². The third-order valence-electron chi connectivity index (χ3n) is 30.0. The van der Waals surface area contributed by atoms with Crippen molar-refractivity contribution < 1.29 is 139 Å². The number of nitrogens with one attached hydrogen (secondary N) is 4. The number of aliphatic hydroxyl groups excluding tert-OH is 8. The van der Waals surface area contributed by atoms with Gasteiger partial charge in [-0.1, -0.05) is 100 Å². The number of fused-ring (bicyclic) bond motifs is 8. The summed E-state index contributed by atoms with van der Waals surface area (Å²) in [6, 6.07) is 29.1. The molecule has 40 atom stereocenters. The zero-order valence-corrected chi connectivity index (χ0v) is 76.9. The minimum atomic E-state index is -2.14. The van der Waals surface area contributed by atoms with Gasteiger partial charge in [0, 0.05) is 72.6 Å². The van der Waals surface area contributed by atoms with E-state index in [1.807, 2.05) is 159 Å². The maximum Gasteiger partial charge on any atom is 0.248 e. The molecule has 8 saturated heterocycles. The number of benzene rings is 2. The van der Waals surface area contributed by atoms with Gasteiger partial charge in [0.05, 0.1) is 97.4 Å². The Bertz CT molecular complexity index is 3860. The van der Waals surface area contributed by atoms with Gasteiger partial charge in [-0.2, -0.15) is 0 Å². The van der Waals surface area contributed by atoms with Gasteiger partial charge in [0.2, 0.25) is 48.3 Å². The van der Waals surface area contributed by atoms with Crippen LogP contribution in [0.5, 0.6) is 0 Å². The minimum absolute atomic E-state index is 0.162. The quantitative estimate of drug-likeness (QED) is 0.0476. The first-order valence-corrected chi connectivity index (χ1v) is 47.1. The zero-order valence-electron chi connectivity index (χ0n) is 76.9. The molecule has 12 fully saturated rings. The van der Waals surface area contributed by atoms with Crippen LogP contribution >= 0.6 is 0 Å². The van der Waals surface area contributed by atoms with E-state index in [0.717, 1.165) is 41.1 Å². The first-order chi connectivity index (χ1) is 61.3. The number of hydrogen-bond acceptors (Lipinski definition) is 34. The Hall–Kier alpha value is -4.54. The molecule has 4 saturated carbocycles. The maximum absolute atomic E-state index is 11.7. The van der Waals surface area contributed by atoms with Crippen molar-refractivity contribution in [2.75, 3.05) is 28.2 Å². The Kier molecular flexibility index (Phi) is 33.3. The van der Waals surface area contributed by atoms with Gasteiger partial charge in [0.15, 0.2) is 0 Å². The summed E-state index contributed by atoms with van der Waals surface area (Å²) in [5.41, 5.74) is -1.43. The molecule has 20 N–H and O–H groups in total. The number of pyridine rings is 2. The van der Waals surface area contributed by atoms with Crippen LogP contribution in [0.1, 0.15) is 186 Å². The fourth-order valence-corrected chi connectivity index (χ4v) is 23.0. The Morgan fingerprint density at radius 2 is 0.581 bits per heavy atom.